The molecule has 0 aliphatic carbocycles. The summed E-state index contributed by atoms with van der Waals surface area (Å²) in [7, 11) is 0. The van der Waals surface area contributed by atoms with Crippen molar-refractivity contribution in [2.75, 3.05) is 6.54 Å². The third-order valence-corrected chi connectivity index (χ3v) is 4.95. The van der Waals surface area contributed by atoms with E-state index in [9.17, 15) is 0 Å². The van der Waals surface area contributed by atoms with Gasteiger partial charge in [0.1, 0.15) is 5.82 Å². The molecule has 0 spiro atoms. The first-order chi connectivity index (χ1) is 9.18. The highest BCUT2D eigenvalue weighted by atomic mass is 15.2. The van der Waals surface area contributed by atoms with E-state index < -0.39 is 0 Å². The van der Waals surface area contributed by atoms with Crippen LogP contribution in [0, 0.1) is 0 Å². The molecule has 3 nitrogen and oxygen atoms in total. The first-order valence-electron chi connectivity index (χ1n) is 7.99. The largest absolute Gasteiger partial charge is 0.330 e. The van der Waals surface area contributed by atoms with Crippen molar-refractivity contribution in [2.24, 2.45) is 0 Å². The Morgan fingerprint density at radius 3 is 2.79 bits per heavy atom. The summed E-state index contributed by atoms with van der Waals surface area (Å²) in [6, 6.07) is 1.17. The number of piperidine rings is 1. The monoisotopic (exact) mass is 261 g/mol. The number of imidazole rings is 1. The van der Waals surface area contributed by atoms with Gasteiger partial charge in [-0.25, -0.2) is 4.98 Å². The lowest BCUT2D eigenvalue weighted by Gasteiger charge is -2.39. The van der Waals surface area contributed by atoms with Crippen LogP contribution in [0.1, 0.15) is 76.4 Å². The van der Waals surface area contributed by atoms with E-state index in [1.807, 2.05) is 0 Å². The van der Waals surface area contributed by atoms with Crippen LogP contribution < -0.4 is 0 Å². The molecule has 0 saturated carbocycles. The van der Waals surface area contributed by atoms with Gasteiger partial charge in [-0.05, 0) is 52.0 Å². The van der Waals surface area contributed by atoms with Crippen molar-refractivity contribution >= 4 is 0 Å². The van der Waals surface area contributed by atoms with Gasteiger partial charge in [0.05, 0.1) is 6.04 Å². The van der Waals surface area contributed by atoms with Gasteiger partial charge < -0.3 is 4.57 Å². The van der Waals surface area contributed by atoms with Crippen molar-refractivity contribution in [1.82, 2.24) is 14.5 Å². The first-order valence-corrected chi connectivity index (χ1v) is 7.99. The zero-order valence-electron chi connectivity index (χ0n) is 12.6. The van der Waals surface area contributed by atoms with E-state index in [-0.39, 0.29) is 0 Å². The van der Waals surface area contributed by atoms with Gasteiger partial charge in [0.2, 0.25) is 0 Å². The molecule has 19 heavy (non-hydrogen) atoms. The third kappa shape index (κ3) is 2.33. The van der Waals surface area contributed by atoms with E-state index in [2.05, 4.69) is 36.4 Å². The minimum absolute atomic E-state index is 0.549. The molecule has 1 saturated heterocycles. The van der Waals surface area contributed by atoms with E-state index in [1.54, 1.807) is 0 Å². The molecule has 2 aliphatic heterocycles. The normalized spacial score (nSPS) is 28.6. The summed E-state index contributed by atoms with van der Waals surface area (Å²) in [6.07, 6.45) is 8.76. The van der Waals surface area contributed by atoms with E-state index in [0.29, 0.717) is 18.0 Å². The minimum Gasteiger partial charge on any atom is -0.330 e. The zero-order valence-corrected chi connectivity index (χ0v) is 12.6. The van der Waals surface area contributed by atoms with Crippen molar-refractivity contribution < 1.29 is 0 Å². The fraction of sp³-hybridized carbons (Fsp3) is 0.812. The summed E-state index contributed by atoms with van der Waals surface area (Å²) in [5, 5.41) is 0. The molecule has 1 aromatic rings. The Morgan fingerprint density at radius 2 is 2.00 bits per heavy atom. The summed E-state index contributed by atoms with van der Waals surface area (Å²) in [5.41, 5.74) is 1.47. The lowest BCUT2D eigenvalue weighted by molar-refractivity contribution is 0.103. The van der Waals surface area contributed by atoms with E-state index in [1.165, 1.54) is 56.7 Å². The van der Waals surface area contributed by atoms with Crippen LogP contribution in [0.25, 0.3) is 0 Å². The lowest BCUT2D eigenvalue weighted by atomic mass is 9.97. The average molecular weight is 261 g/mol. The Bertz CT molecular complexity index is 435. The maximum atomic E-state index is 4.83. The second-order valence-electron chi connectivity index (χ2n) is 6.58. The zero-order chi connectivity index (χ0) is 13.4. The lowest BCUT2D eigenvalue weighted by Crippen LogP contribution is -2.40. The van der Waals surface area contributed by atoms with Crippen LogP contribution in [0.4, 0.5) is 0 Å². The van der Waals surface area contributed by atoms with Crippen molar-refractivity contribution in [3.05, 3.63) is 17.7 Å². The Labute approximate surface area is 117 Å². The topological polar surface area (TPSA) is 21.1 Å². The minimum atomic E-state index is 0.549. The highest BCUT2D eigenvalue weighted by molar-refractivity contribution is 5.15. The third-order valence-electron chi connectivity index (χ3n) is 4.95. The van der Waals surface area contributed by atoms with Crippen LogP contribution in [-0.2, 0) is 6.54 Å². The molecule has 0 amide bonds. The molecule has 1 aromatic heterocycles. The van der Waals surface area contributed by atoms with Crippen LogP contribution in [-0.4, -0.2) is 27.0 Å². The van der Waals surface area contributed by atoms with Crippen molar-refractivity contribution in [2.45, 2.75) is 77.4 Å². The van der Waals surface area contributed by atoms with E-state index >= 15 is 0 Å². The fourth-order valence-corrected chi connectivity index (χ4v) is 3.86. The van der Waals surface area contributed by atoms with E-state index in [0.717, 1.165) is 0 Å². The van der Waals surface area contributed by atoms with Gasteiger partial charge in [0.15, 0.2) is 0 Å². The predicted molar refractivity (Wildman–Crippen MR) is 78.3 cm³/mol. The second-order valence-corrected chi connectivity index (χ2v) is 6.58. The fourth-order valence-electron chi connectivity index (χ4n) is 3.86. The molecule has 1 fully saturated rings. The van der Waals surface area contributed by atoms with Crippen LogP contribution >= 0.6 is 0 Å². The van der Waals surface area contributed by atoms with Crippen molar-refractivity contribution in [3.63, 3.8) is 0 Å². The van der Waals surface area contributed by atoms with Crippen molar-refractivity contribution in [3.8, 4) is 0 Å². The number of aromatic nitrogens is 2. The molecule has 0 aromatic carbocycles. The molecule has 106 valence electrons. The van der Waals surface area contributed by atoms with Gasteiger partial charge in [-0.1, -0.05) is 13.3 Å². The number of rotatable bonds is 2. The van der Waals surface area contributed by atoms with Crippen LogP contribution in [0.3, 0.4) is 0 Å². The maximum Gasteiger partial charge on any atom is 0.126 e. The summed E-state index contributed by atoms with van der Waals surface area (Å²) in [4.78, 5) is 7.48. The average Bonchev–Trinajstić information content (AvgIpc) is 2.84. The molecule has 3 heteroatoms. The number of fused-ring (bicyclic) bond motifs is 1. The van der Waals surface area contributed by atoms with Crippen molar-refractivity contribution in [1.29, 1.82) is 0 Å². The maximum absolute atomic E-state index is 4.83. The SMILES string of the molecule is CC1CCCn2c1cnc2C1CCCCN1C(C)C. The Morgan fingerprint density at radius 1 is 1.16 bits per heavy atom. The van der Waals surface area contributed by atoms with E-state index in [4.69, 9.17) is 4.98 Å². The first kappa shape index (κ1) is 13.2. The highest BCUT2D eigenvalue weighted by Crippen LogP contribution is 2.35. The van der Waals surface area contributed by atoms with Gasteiger partial charge in [-0.3, -0.25) is 4.90 Å². The Kier molecular flexibility index (Phi) is 3.66. The molecular weight excluding hydrogens is 234 g/mol. The molecular formula is C16H27N3. The summed E-state index contributed by atoms with van der Waals surface area (Å²) < 4.78 is 2.53. The Hall–Kier alpha value is -0.830. The second kappa shape index (κ2) is 5.28. The van der Waals surface area contributed by atoms with Gasteiger partial charge in [-0.15, -0.1) is 0 Å². The number of hydrogen-bond acceptors (Lipinski definition) is 2. The molecule has 0 radical (unpaired) electrons. The number of nitrogens with zero attached hydrogens (tertiary/aromatic N) is 3. The summed E-state index contributed by atoms with van der Waals surface area (Å²) in [5.74, 6) is 2.03. The predicted octanol–water partition coefficient (Wildman–Crippen LogP) is 3.72. The molecule has 3 heterocycles. The molecule has 2 atom stereocenters. The van der Waals surface area contributed by atoms with Crippen LogP contribution in [0.2, 0.25) is 0 Å². The standard InChI is InChI=1S/C16H27N3/c1-12(2)18-9-5-4-8-14(18)16-17-11-15-13(3)7-6-10-19(15)16/h11-14H,4-10H2,1-3H3. The number of hydrogen-bond donors (Lipinski definition) is 0. The Balaban J connectivity index is 1.92. The van der Waals surface area contributed by atoms with Gasteiger partial charge in [0, 0.05) is 24.5 Å². The van der Waals surface area contributed by atoms with Crippen LogP contribution in [0.15, 0.2) is 6.20 Å². The van der Waals surface area contributed by atoms with Gasteiger partial charge in [0.25, 0.3) is 0 Å². The van der Waals surface area contributed by atoms with Crippen LogP contribution in [0.5, 0.6) is 0 Å². The summed E-state index contributed by atoms with van der Waals surface area (Å²) in [6.45, 7) is 9.40. The molecule has 3 rings (SSSR count). The summed E-state index contributed by atoms with van der Waals surface area (Å²) >= 11 is 0. The quantitative estimate of drug-likeness (QED) is 0.809. The molecule has 0 N–H and O–H groups in total. The number of likely N-dealkylation sites (tertiary alicyclic amines) is 1. The molecule has 2 aliphatic rings. The molecule has 2 unspecified atom stereocenters. The highest BCUT2D eigenvalue weighted by Gasteiger charge is 2.31. The van der Waals surface area contributed by atoms with Gasteiger partial charge in [-0.2, -0.15) is 0 Å². The smallest absolute Gasteiger partial charge is 0.126 e. The molecule has 0 bridgehead atoms. The van der Waals surface area contributed by atoms with Gasteiger partial charge >= 0.3 is 0 Å².